The number of phenolic OH excluding ortho intramolecular Hbond substituents is 1. The van der Waals surface area contributed by atoms with Gasteiger partial charge in [-0.25, -0.2) is 0 Å². The lowest BCUT2D eigenvalue weighted by atomic mass is 9.55. The Balaban J connectivity index is 1.17. The number of benzene rings is 2. The Kier molecular flexibility index (Phi) is 10.1. The van der Waals surface area contributed by atoms with E-state index in [4.69, 9.17) is 0 Å². The lowest BCUT2D eigenvalue weighted by Crippen LogP contribution is -2.48. The molecule has 0 bridgehead atoms. The van der Waals surface area contributed by atoms with Crippen LogP contribution in [0.4, 0.5) is 0 Å². The Morgan fingerprint density at radius 3 is 2.67 bits per heavy atom. The molecule has 0 spiro atoms. The predicted molar refractivity (Wildman–Crippen MR) is 166 cm³/mol. The maximum absolute atomic E-state index is 13.1. The largest absolute Gasteiger partial charge is 0.508 e. The fraction of sp³-hybridized carbons (Fsp3) is 0.611. The Hall–Kier alpha value is -2.70. The minimum absolute atomic E-state index is 0.0401. The molecule has 2 fully saturated rings. The van der Waals surface area contributed by atoms with Crippen molar-refractivity contribution in [1.29, 1.82) is 0 Å². The number of hydrogen-bond donors (Lipinski definition) is 4. The highest BCUT2D eigenvalue weighted by atomic mass is 16.3. The second-order valence-electron chi connectivity index (χ2n) is 13.5. The average Bonchev–Trinajstić information content (AvgIpc) is 3.24. The number of carbonyl (C=O) groups excluding carboxylic acids is 2. The van der Waals surface area contributed by atoms with Crippen molar-refractivity contribution in [1.82, 2.24) is 10.6 Å². The number of hydrogen-bond acceptors (Lipinski definition) is 5. The number of unbranched alkanes of at least 4 members (excludes halogenated alkanes) is 2. The van der Waals surface area contributed by atoms with Crippen LogP contribution in [0, 0.1) is 23.2 Å². The minimum atomic E-state index is -0.473. The smallest absolute Gasteiger partial charge is 0.244 e. The summed E-state index contributed by atoms with van der Waals surface area (Å²) in [7, 11) is 0. The average molecular weight is 575 g/mol. The van der Waals surface area contributed by atoms with Gasteiger partial charge in [0.15, 0.2) is 0 Å². The molecule has 7 atom stereocenters. The van der Waals surface area contributed by atoms with E-state index in [1.165, 1.54) is 11.1 Å². The number of fused-ring (bicyclic) bond motifs is 5. The summed E-state index contributed by atoms with van der Waals surface area (Å²) in [4.78, 5) is 25.5. The van der Waals surface area contributed by atoms with E-state index < -0.39 is 6.04 Å². The first-order valence-electron chi connectivity index (χ1n) is 16.4. The molecule has 2 aromatic rings. The molecule has 0 saturated heterocycles. The van der Waals surface area contributed by atoms with Gasteiger partial charge in [-0.2, -0.15) is 0 Å². The number of aryl methyl sites for hydroxylation is 1. The van der Waals surface area contributed by atoms with Gasteiger partial charge in [0.1, 0.15) is 5.75 Å². The van der Waals surface area contributed by atoms with Gasteiger partial charge in [0, 0.05) is 6.42 Å². The molecule has 3 aliphatic rings. The maximum atomic E-state index is 13.1. The van der Waals surface area contributed by atoms with E-state index in [-0.39, 0.29) is 29.3 Å². The van der Waals surface area contributed by atoms with Crippen LogP contribution in [0.5, 0.6) is 5.75 Å². The highest BCUT2D eigenvalue weighted by Gasteiger charge is 2.57. The third kappa shape index (κ3) is 6.75. The van der Waals surface area contributed by atoms with Gasteiger partial charge in [-0.05, 0) is 122 Å². The van der Waals surface area contributed by atoms with Crippen LogP contribution in [-0.4, -0.2) is 40.7 Å². The number of nitrogens with one attached hydrogen (secondary N) is 2. The molecule has 0 heterocycles. The summed E-state index contributed by atoms with van der Waals surface area (Å²) in [5.41, 5.74) is 3.74. The first-order valence-corrected chi connectivity index (χ1v) is 16.4. The van der Waals surface area contributed by atoms with E-state index in [0.29, 0.717) is 42.9 Å². The van der Waals surface area contributed by atoms with E-state index in [9.17, 15) is 19.8 Å². The summed E-state index contributed by atoms with van der Waals surface area (Å²) in [5.74, 6) is 1.81. The van der Waals surface area contributed by atoms with Crippen molar-refractivity contribution >= 4 is 11.8 Å². The zero-order chi connectivity index (χ0) is 29.7. The molecule has 2 saturated carbocycles. The van der Waals surface area contributed by atoms with Gasteiger partial charge in [-0.3, -0.25) is 14.9 Å². The Bertz CT molecular complexity index is 1220. The molecule has 6 nitrogen and oxygen atoms in total. The Morgan fingerprint density at radius 2 is 1.88 bits per heavy atom. The lowest BCUT2D eigenvalue weighted by Gasteiger charge is -2.50. The zero-order valence-electron chi connectivity index (χ0n) is 25.5. The van der Waals surface area contributed by atoms with Crippen LogP contribution in [0.2, 0.25) is 0 Å². The van der Waals surface area contributed by atoms with E-state index in [0.717, 1.165) is 69.8 Å². The number of aromatic hydroxyl groups is 1. The molecular formula is C36H50N2O4. The summed E-state index contributed by atoms with van der Waals surface area (Å²) in [6, 6.07) is 15.4. The van der Waals surface area contributed by atoms with Gasteiger partial charge in [-0.1, -0.05) is 63.1 Å². The van der Waals surface area contributed by atoms with Gasteiger partial charge in [0.25, 0.3) is 0 Å². The van der Waals surface area contributed by atoms with E-state index >= 15 is 0 Å². The zero-order valence-corrected chi connectivity index (χ0v) is 25.5. The van der Waals surface area contributed by atoms with Crippen molar-refractivity contribution < 1.29 is 19.8 Å². The topological polar surface area (TPSA) is 98.7 Å². The summed E-state index contributed by atoms with van der Waals surface area (Å²) in [6.07, 6.45) is 10.6. The number of phenols is 1. The normalized spacial score (nSPS) is 28.8. The molecule has 228 valence electrons. The quantitative estimate of drug-likeness (QED) is 0.232. The second-order valence-corrected chi connectivity index (χ2v) is 13.5. The summed E-state index contributed by atoms with van der Waals surface area (Å²) >= 11 is 0. The monoisotopic (exact) mass is 574 g/mol. The third-order valence-electron chi connectivity index (χ3n) is 10.8. The molecule has 2 amide bonds. The van der Waals surface area contributed by atoms with Gasteiger partial charge in [-0.15, -0.1) is 0 Å². The summed E-state index contributed by atoms with van der Waals surface area (Å²) in [6.45, 7) is 5.09. The first-order chi connectivity index (χ1) is 20.3. The number of aliphatic hydroxyl groups excluding tert-OH is 1. The molecule has 0 unspecified atom stereocenters. The van der Waals surface area contributed by atoms with Crippen molar-refractivity contribution in [3.05, 3.63) is 65.2 Å². The van der Waals surface area contributed by atoms with Crippen LogP contribution in [0.15, 0.2) is 48.5 Å². The van der Waals surface area contributed by atoms with Crippen molar-refractivity contribution in [2.75, 3.05) is 6.54 Å². The van der Waals surface area contributed by atoms with Gasteiger partial charge in [0.2, 0.25) is 11.8 Å². The van der Waals surface area contributed by atoms with Crippen LogP contribution in [0.3, 0.4) is 0 Å². The molecule has 0 aromatic heterocycles. The second kappa shape index (κ2) is 13.7. The molecule has 0 aliphatic heterocycles. The predicted octanol–water partition coefficient (Wildman–Crippen LogP) is 6.04. The summed E-state index contributed by atoms with van der Waals surface area (Å²) in [5, 5.41) is 27.7. The molecular weight excluding hydrogens is 524 g/mol. The van der Waals surface area contributed by atoms with Crippen LogP contribution in [0.1, 0.15) is 101 Å². The third-order valence-corrected chi connectivity index (χ3v) is 10.8. The maximum Gasteiger partial charge on any atom is 0.244 e. The fourth-order valence-electron chi connectivity index (χ4n) is 8.57. The molecule has 4 N–H and O–H groups in total. The summed E-state index contributed by atoms with van der Waals surface area (Å²) < 4.78 is 0. The Morgan fingerprint density at radius 1 is 1.07 bits per heavy atom. The molecule has 0 radical (unpaired) electrons. The van der Waals surface area contributed by atoms with Gasteiger partial charge >= 0.3 is 0 Å². The molecule has 42 heavy (non-hydrogen) atoms. The van der Waals surface area contributed by atoms with Crippen LogP contribution in [0.25, 0.3) is 0 Å². The van der Waals surface area contributed by atoms with Crippen molar-refractivity contribution in [2.45, 2.75) is 109 Å². The van der Waals surface area contributed by atoms with E-state index in [1.54, 1.807) is 0 Å². The number of imide groups is 1. The SMILES string of the molecule is CCCCCC(=O)NC(=O)[C@@H](Cc1ccccc1)NCCC[C@H]1C[C@H]2[C@@H]3CCc4cc(O)ccc4[C@H]3CC[C@]2(C)[C@H]1O. The number of aliphatic hydroxyl groups is 1. The molecule has 5 rings (SSSR count). The Labute approximate surface area is 251 Å². The fourth-order valence-corrected chi connectivity index (χ4v) is 8.57. The van der Waals surface area contributed by atoms with Crippen LogP contribution < -0.4 is 10.6 Å². The highest BCUT2D eigenvalue weighted by Crippen LogP contribution is 2.62. The van der Waals surface area contributed by atoms with Crippen LogP contribution in [-0.2, 0) is 22.4 Å². The van der Waals surface area contributed by atoms with Crippen molar-refractivity contribution in [2.24, 2.45) is 23.2 Å². The highest BCUT2D eigenvalue weighted by molar-refractivity contribution is 5.97. The van der Waals surface area contributed by atoms with Crippen LogP contribution >= 0.6 is 0 Å². The number of amides is 2. The van der Waals surface area contributed by atoms with E-state index in [1.807, 2.05) is 42.5 Å². The van der Waals surface area contributed by atoms with Crippen molar-refractivity contribution in [3.8, 4) is 5.75 Å². The van der Waals surface area contributed by atoms with E-state index in [2.05, 4.69) is 30.5 Å². The molecule has 2 aromatic carbocycles. The molecule has 3 aliphatic carbocycles. The lowest BCUT2D eigenvalue weighted by molar-refractivity contribution is -0.131. The first kappa shape index (κ1) is 30.7. The van der Waals surface area contributed by atoms with Gasteiger partial charge in [0.05, 0.1) is 12.1 Å². The number of rotatable bonds is 12. The van der Waals surface area contributed by atoms with Crippen molar-refractivity contribution in [3.63, 3.8) is 0 Å². The minimum Gasteiger partial charge on any atom is -0.508 e. The van der Waals surface area contributed by atoms with Gasteiger partial charge < -0.3 is 15.5 Å². The standard InChI is InChI=1S/C36H50N2O4/c1-3-4-6-13-33(40)38-35(42)32(21-24-10-7-5-8-11-24)37-20-9-12-26-23-31-30-16-14-25-22-27(39)15-17-28(25)29(30)18-19-36(31,2)34(26)41/h5,7-8,10-11,15,17,22,26,29-32,34,37,39,41H,3-4,6,9,12-14,16,18-21,23H2,1-2H3,(H,38,40,42)/t26-,29+,30+,31-,32+,34-,36-/m0/s1. The molecule has 6 heteroatoms. The number of carbonyl (C=O) groups is 2.